The van der Waals surface area contributed by atoms with Crippen LogP contribution in [0.4, 0.5) is 4.79 Å². The van der Waals surface area contributed by atoms with E-state index >= 15 is 0 Å². The number of urea groups is 1. The van der Waals surface area contributed by atoms with Gasteiger partial charge in [0.1, 0.15) is 0 Å². The number of ketones is 1. The first-order valence-corrected chi connectivity index (χ1v) is 9.08. The maximum Gasteiger partial charge on any atom is 0.323 e. The normalized spacial score (nSPS) is 25.5. The molecule has 1 aromatic rings. The monoisotopic (exact) mass is 362 g/mol. The van der Waals surface area contributed by atoms with Crippen molar-refractivity contribution in [2.45, 2.75) is 24.3 Å². The van der Waals surface area contributed by atoms with Gasteiger partial charge in [0.15, 0.2) is 11.2 Å². The molecule has 1 aliphatic carbocycles. The molecule has 2 amide bonds. The second-order valence-electron chi connectivity index (χ2n) is 4.93. The van der Waals surface area contributed by atoms with Gasteiger partial charge < -0.3 is 5.32 Å². The molecule has 3 rings (SSSR count). The zero-order chi connectivity index (χ0) is 16.1. The van der Waals surface area contributed by atoms with Gasteiger partial charge in [0.25, 0.3) is 10.1 Å². The molecule has 2 atom stereocenters. The summed E-state index contributed by atoms with van der Waals surface area (Å²) >= 11 is 7.27. The minimum absolute atomic E-state index is 0.272. The largest absolute Gasteiger partial charge is 0.323 e. The third-order valence-corrected chi connectivity index (χ3v) is 6.10. The molecular formula is C12H11ClN2O5S2. The lowest BCUT2D eigenvalue weighted by Gasteiger charge is -2.38. The van der Waals surface area contributed by atoms with Gasteiger partial charge in [0.2, 0.25) is 0 Å². The molecule has 0 spiro atoms. The van der Waals surface area contributed by atoms with Crippen LogP contribution in [0.2, 0.25) is 0 Å². The first kappa shape index (κ1) is 15.5. The van der Waals surface area contributed by atoms with Crippen LogP contribution in [-0.4, -0.2) is 41.1 Å². The number of hydrogen-bond donors (Lipinski definition) is 2. The SMILES string of the molecule is O=C1c2ccsc2CCC1N1C(=O)NC=C(Cl)C1S(=O)(=O)O. The smallest absolute Gasteiger partial charge is 0.313 e. The van der Waals surface area contributed by atoms with Crippen LogP contribution in [0.3, 0.4) is 0 Å². The predicted octanol–water partition coefficient (Wildman–Crippen LogP) is 1.56. The summed E-state index contributed by atoms with van der Waals surface area (Å²) in [6, 6.07) is -0.128. The quantitative estimate of drug-likeness (QED) is 0.777. The topological polar surface area (TPSA) is 104 Å². The summed E-state index contributed by atoms with van der Waals surface area (Å²) in [4.78, 5) is 26.3. The van der Waals surface area contributed by atoms with E-state index in [2.05, 4.69) is 5.32 Å². The van der Waals surface area contributed by atoms with Crippen molar-refractivity contribution in [3.63, 3.8) is 0 Å². The Morgan fingerprint density at radius 1 is 1.41 bits per heavy atom. The number of Topliss-reactive ketones (excluding diaryl/α,β-unsaturated/α-hetero) is 1. The van der Waals surface area contributed by atoms with Gasteiger partial charge in [-0.05, 0) is 24.3 Å². The number of carbonyl (C=O) groups is 2. The molecule has 2 aliphatic rings. The Labute approximate surface area is 135 Å². The van der Waals surface area contributed by atoms with Crippen molar-refractivity contribution in [3.8, 4) is 0 Å². The van der Waals surface area contributed by atoms with Crippen LogP contribution >= 0.6 is 22.9 Å². The fourth-order valence-corrected chi connectivity index (χ4v) is 4.98. The number of carbonyl (C=O) groups excluding carboxylic acids is 2. The fourth-order valence-electron chi connectivity index (χ4n) is 2.70. The Morgan fingerprint density at radius 2 is 2.14 bits per heavy atom. The summed E-state index contributed by atoms with van der Waals surface area (Å²) < 4.78 is 32.6. The molecule has 1 aliphatic heterocycles. The van der Waals surface area contributed by atoms with Crippen LogP contribution in [0.5, 0.6) is 0 Å². The molecule has 10 heteroatoms. The van der Waals surface area contributed by atoms with Crippen molar-refractivity contribution in [1.29, 1.82) is 0 Å². The van der Waals surface area contributed by atoms with Gasteiger partial charge in [0.05, 0.1) is 11.1 Å². The van der Waals surface area contributed by atoms with E-state index in [1.165, 1.54) is 11.3 Å². The molecule has 0 aromatic carbocycles. The molecule has 7 nitrogen and oxygen atoms in total. The number of fused-ring (bicyclic) bond motifs is 1. The van der Waals surface area contributed by atoms with E-state index in [9.17, 15) is 22.6 Å². The molecule has 22 heavy (non-hydrogen) atoms. The molecule has 2 unspecified atom stereocenters. The molecule has 0 fully saturated rings. The molecule has 0 saturated carbocycles. The van der Waals surface area contributed by atoms with E-state index in [4.69, 9.17) is 11.6 Å². The second-order valence-corrected chi connectivity index (χ2v) is 7.84. The Kier molecular flexibility index (Phi) is 3.76. The highest BCUT2D eigenvalue weighted by molar-refractivity contribution is 7.86. The number of rotatable bonds is 2. The highest BCUT2D eigenvalue weighted by Gasteiger charge is 2.46. The fraction of sp³-hybridized carbons (Fsp3) is 0.333. The van der Waals surface area contributed by atoms with Crippen molar-refractivity contribution < 1.29 is 22.6 Å². The molecule has 1 aromatic heterocycles. The maximum absolute atomic E-state index is 12.5. The zero-order valence-electron chi connectivity index (χ0n) is 11.0. The summed E-state index contributed by atoms with van der Waals surface area (Å²) in [6.07, 6.45) is 1.82. The van der Waals surface area contributed by atoms with Crippen molar-refractivity contribution in [2.75, 3.05) is 0 Å². The Balaban J connectivity index is 2.04. The third-order valence-electron chi connectivity index (χ3n) is 3.63. The van der Waals surface area contributed by atoms with Crippen LogP contribution in [-0.2, 0) is 16.5 Å². The van der Waals surface area contributed by atoms with Crippen LogP contribution in [0, 0.1) is 0 Å². The molecule has 0 saturated heterocycles. The summed E-state index contributed by atoms with van der Waals surface area (Å²) in [5.74, 6) is -0.349. The summed E-state index contributed by atoms with van der Waals surface area (Å²) in [5, 5.41) is 2.02. The van der Waals surface area contributed by atoms with Crippen molar-refractivity contribution in [3.05, 3.63) is 33.1 Å². The average Bonchev–Trinajstić information content (AvgIpc) is 2.90. The molecule has 0 radical (unpaired) electrons. The molecule has 118 valence electrons. The van der Waals surface area contributed by atoms with Gasteiger partial charge in [-0.25, -0.2) is 4.79 Å². The Morgan fingerprint density at radius 3 is 2.82 bits per heavy atom. The van der Waals surface area contributed by atoms with Crippen LogP contribution < -0.4 is 5.32 Å². The van der Waals surface area contributed by atoms with Crippen LogP contribution in [0.25, 0.3) is 0 Å². The lowest BCUT2D eigenvalue weighted by molar-refractivity contribution is 0.0818. The molecule has 0 bridgehead atoms. The van der Waals surface area contributed by atoms with E-state index in [1.54, 1.807) is 11.4 Å². The highest BCUT2D eigenvalue weighted by Crippen LogP contribution is 2.33. The van der Waals surface area contributed by atoms with Crippen molar-refractivity contribution >= 4 is 44.9 Å². The molecular weight excluding hydrogens is 352 g/mol. The summed E-state index contributed by atoms with van der Waals surface area (Å²) in [6.45, 7) is 0. The zero-order valence-corrected chi connectivity index (χ0v) is 13.4. The number of amides is 2. The van der Waals surface area contributed by atoms with E-state index in [1.807, 2.05) is 0 Å². The van der Waals surface area contributed by atoms with Crippen molar-refractivity contribution in [2.24, 2.45) is 0 Å². The van der Waals surface area contributed by atoms with Gasteiger partial charge in [-0.15, -0.1) is 11.3 Å². The van der Waals surface area contributed by atoms with Gasteiger partial charge in [-0.3, -0.25) is 14.2 Å². The van der Waals surface area contributed by atoms with Crippen LogP contribution in [0.15, 0.2) is 22.7 Å². The standard InChI is InChI=1S/C12H11ClN2O5S2/c13-7-5-14-12(17)15(11(7)22(18,19)20)8-1-2-9-6(10(8)16)3-4-21-9/h3-5,8,11H,1-2H2,(H,14,17)(H,18,19,20). The number of hydrogen-bond acceptors (Lipinski definition) is 5. The van der Waals surface area contributed by atoms with Gasteiger partial charge in [-0.2, -0.15) is 8.42 Å². The second kappa shape index (κ2) is 5.34. The third kappa shape index (κ3) is 2.43. The average molecular weight is 363 g/mol. The van der Waals surface area contributed by atoms with E-state index in [-0.39, 0.29) is 17.2 Å². The van der Waals surface area contributed by atoms with Gasteiger partial charge >= 0.3 is 6.03 Å². The van der Waals surface area contributed by atoms with E-state index in [0.717, 1.165) is 16.0 Å². The number of thiophene rings is 1. The van der Waals surface area contributed by atoms with Gasteiger partial charge in [-0.1, -0.05) is 11.6 Å². The summed E-state index contributed by atoms with van der Waals surface area (Å²) in [7, 11) is -4.68. The molecule has 2 N–H and O–H groups in total. The Bertz CT molecular complexity index is 785. The molecule has 2 heterocycles. The number of nitrogens with zero attached hydrogens (tertiary/aromatic N) is 1. The lowest BCUT2D eigenvalue weighted by Crippen LogP contribution is -2.59. The Hall–Kier alpha value is -1.42. The summed E-state index contributed by atoms with van der Waals surface area (Å²) in [5.41, 5.74) is 0.480. The predicted molar refractivity (Wildman–Crippen MR) is 80.4 cm³/mol. The number of nitrogens with one attached hydrogen (secondary N) is 1. The minimum Gasteiger partial charge on any atom is -0.313 e. The number of halogens is 1. The van der Waals surface area contributed by atoms with Gasteiger partial charge in [0, 0.05) is 16.6 Å². The maximum atomic E-state index is 12.5. The minimum atomic E-state index is -4.68. The first-order valence-electron chi connectivity index (χ1n) is 6.32. The van der Waals surface area contributed by atoms with Crippen LogP contribution in [0.1, 0.15) is 21.7 Å². The highest BCUT2D eigenvalue weighted by atomic mass is 35.5. The van der Waals surface area contributed by atoms with E-state index in [0.29, 0.717) is 12.0 Å². The number of aryl methyl sites for hydroxylation is 1. The van der Waals surface area contributed by atoms with Crippen molar-refractivity contribution in [1.82, 2.24) is 10.2 Å². The lowest BCUT2D eigenvalue weighted by atomic mass is 9.92. The van der Waals surface area contributed by atoms with E-state index < -0.39 is 27.6 Å². The first-order chi connectivity index (χ1) is 10.3.